The highest BCUT2D eigenvalue weighted by molar-refractivity contribution is 9.10. The Bertz CT molecular complexity index is 825. The van der Waals surface area contributed by atoms with Crippen LogP contribution in [0.5, 0.6) is 5.75 Å². The molecule has 0 spiro atoms. The van der Waals surface area contributed by atoms with Crippen LogP contribution in [0, 0.1) is 0 Å². The molecule has 25 heavy (non-hydrogen) atoms. The van der Waals surface area contributed by atoms with Crippen molar-refractivity contribution in [2.24, 2.45) is 4.99 Å². The van der Waals surface area contributed by atoms with E-state index in [1.54, 1.807) is 6.08 Å². The van der Waals surface area contributed by atoms with Crippen molar-refractivity contribution >= 4 is 33.9 Å². The van der Waals surface area contributed by atoms with E-state index in [1.807, 2.05) is 48.5 Å². The monoisotopic (exact) mass is 399 g/mol. The van der Waals surface area contributed by atoms with Crippen molar-refractivity contribution in [3.05, 3.63) is 69.8 Å². The molecular weight excluding hydrogens is 382 g/mol. The van der Waals surface area contributed by atoms with Gasteiger partial charge in [0.25, 0.3) is 0 Å². The van der Waals surface area contributed by atoms with E-state index in [4.69, 9.17) is 9.47 Å². The van der Waals surface area contributed by atoms with Gasteiger partial charge < -0.3 is 9.47 Å². The van der Waals surface area contributed by atoms with E-state index in [1.165, 1.54) is 0 Å². The number of hydrogen-bond donors (Lipinski definition) is 0. The van der Waals surface area contributed by atoms with Crippen LogP contribution in [-0.4, -0.2) is 18.5 Å². The minimum absolute atomic E-state index is 0.268. The van der Waals surface area contributed by atoms with Gasteiger partial charge in [0.05, 0.1) is 6.61 Å². The zero-order chi connectivity index (χ0) is 17.6. The third-order valence-corrected chi connectivity index (χ3v) is 4.21. The Morgan fingerprint density at radius 1 is 1.16 bits per heavy atom. The smallest absolute Gasteiger partial charge is 0.363 e. The van der Waals surface area contributed by atoms with Crippen LogP contribution >= 0.6 is 15.9 Å². The summed E-state index contributed by atoms with van der Waals surface area (Å²) in [4.78, 5) is 16.5. The molecule has 2 aromatic carbocycles. The standard InChI is InChI=1S/C20H18BrNO3/c1-2-3-12-24-18-7-5-4-6-15(18)13-17-20(23)25-19(22-17)14-8-10-16(21)11-9-14/h4-11,13H,2-3,12H2,1H3/b17-13-. The molecule has 0 bridgehead atoms. The van der Waals surface area contributed by atoms with Gasteiger partial charge in [-0.3, -0.25) is 0 Å². The van der Waals surface area contributed by atoms with Crippen LogP contribution in [0.2, 0.25) is 0 Å². The highest BCUT2D eigenvalue weighted by Crippen LogP contribution is 2.25. The Balaban J connectivity index is 1.86. The van der Waals surface area contributed by atoms with Gasteiger partial charge >= 0.3 is 5.97 Å². The second kappa shape index (κ2) is 8.12. The molecule has 2 aromatic rings. The average molecular weight is 400 g/mol. The molecule has 0 atom stereocenters. The number of hydrogen-bond acceptors (Lipinski definition) is 4. The second-order valence-electron chi connectivity index (χ2n) is 5.58. The van der Waals surface area contributed by atoms with Crippen LogP contribution in [0.4, 0.5) is 0 Å². The number of ether oxygens (including phenoxy) is 2. The van der Waals surface area contributed by atoms with E-state index < -0.39 is 5.97 Å². The summed E-state index contributed by atoms with van der Waals surface area (Å²) in [5.41, 5.74) is 1.84. The Kier molecular flexibility index (Phi) is 5.66. The third-order valence-electron chi connectivity index (χ3n) is 3.68. The molecule has 0 saturated heterocycles. The molecule has 0 saturated carbocycles. The third kappa shape index (κ3) is 4.37. The zero-order valence-electron chi connectivity index (χ0n) is 13.9. The maximum Gasteiger partial charge on any atom is 0.363 e. The Morgan fingerprint density at radius 2 is 1.92 bits per heavy atom. The maximum absolute atomic E-state index is 12.1. The number of halogens is 1. The number of rotatable bonds is 6. The van der Waals surface area contributed by atoms with Gasteiger partial charge in [-0.05, 0) is 42.8 Å². The number of esters is 1. The summed E-state index contributed by atoms with van der Waals surface area (Å²) in [6.07, 6.45) is 3.75. The molecule has 1 aliphatic rings. The fraction of sp³-hybridized carbons (Fsp3) is 0.200. The van der Waals surface area contributed by atoms with E-state index in [2.05, 4.69) is 27.8 Å². The summed E-state index contributed by atoms with van der Waals surface area (Å²) in [5, 5.41) is 0. The van der Waals surface area contributed by atoms with E-state index in [0.29, 0.717) is 12.5 Å². The molecule has 0 aromatic heterocycles. The number of aliphatic imine (C=N–C) groups is 1. The maximum atomic E-state index is 12.1. The summed E-state index contributed by atoms with van der Waals surface area (Å²) in [6, 6.07) is 15.1. The van der Waals surface area contributed by atoms with E-state index in [9.17, 15) is 4.79 Å². The topological polar surface area (TPSA) is 47.9 Å². The van der Waals surface area contributed by atoms with Gasteiger partial charge in [0.15, 0.2) is 5.70 Å². The number of unbranched alkanes of at least 4 members (excludes halogenated alkanes) is 1. The van der Waals surface area contributed by atoms with Gasteiger partial charge in [0, 0.05) is 15.6 Å². The summed E-state index contributed by atoms with van der Waals surface area (Å²) in [5.74, 6) is 0.595. The molecule has 0 amide bonds. The molecule has 0 N–H and O–H groups in total. The lowest BCUT2D eigenvalue weighted by Crippen LogP contribution is -2.05. The largest absolute Gasteiger partial charge is 0.493 e. The Morgan fingerprint density at radius 3 is 2.68 bits per heavy atom. The van der Waals surface area contributed by atoms with Crippen molar-refractivity contribution in [1.82, 2.24) is 0 Å². The average Bonchev–Trinajstić information content (AvgIpc) is 2.98. The fourth-order valence-electron chi connectivity index (χ4n) is 2.33. The summed E-state index contributed by atoms with van der Waals surface area (Å²) in [7, 11) is 0. The summed E-state index contributed by atoms with van der Waals surface area (Å²) in [6.45, 7) is 2.76. The van der Waals surface area contributed by atoms with Gasteiger partial charge in [0.2, 0.25) is 5.90 Å². The van der Waals surface area contributed by atoms with Gasteiger partial charge in [-0.2, -0.15) is 0 Å². The first-order valence-corrected chi connectivity index (χ1v) is 8.97. The molecular formula is C20H18BrNO3. The fourth-order valence-corrected chi connectivity index (χ4v) is 2.59. The first-order chi connectivity index (χ1) is 12.2. The van der Waals surface area contributed by atoms with E-state index in [-0.39, 0.29) is 5.70 Å². The van der Waals surface area contributed by atoms with Crippen molar-refractivity contribution < 1.29 is 14.3 Å². The van der Waals surface area contributed by atoms with Crippen molar-refractivity contribution in [2.75, 3.05) is 6.61 Å². The predicted molar refractivity (Wildman–Crippen MR) is 102 cm³/mol. The van der Waals surface area contributed by atoms with Crippen molar-refractivity contribution in [2.45, 2.75) is 19.8 Å². The van der Waals surface area contributed by atoms with Gasteiger partial charge in [0.1, 0.15) is 5.75 Å². The normalized spacial score (nSPS) is 15.2. The van der Waals surface area contributed by atoms with Crippen molar-refractivity contribution in [1.29, 1.82) is 0 Å². The van der Waals surface area contributed by atoms with Crippen LogP contribution < -0.4 is 4.74 Å². The molecule has 4 nitrogen and oxygen atoms in total. The molecule has 5 heteroatoms. The SMILES string of the molecule is CCCCOc1ccccc1/C=C1\N=C(c2ccc(Br)cc2)OC1=O. The Hall–Kier alpha value is -2.40. The predicted octanol–water partition coefficient (Wildman–Crippen LogP) is 4.97. The van der Waals surface area contributed by atoms with Gasteiger partial charge in [-0.15, -0.1) is 0 Å². The molecule has 0 aliphatic carbocycles. The lowest BCUT2D eigenvalue weighted by molar-refractivity contribution is -0.129. The van der Waals surface area contributed by atoms with Crippen LogP contribution in [0.1, 0.15) is 30.9 Å². The first kappa shape index (κ1) is 17.4. The quantitative estimate of drug-likeness (QED) is 0.391. The number of nitrogens with zero attached hydrogens (tertiary/aromatic N) is 1. The van der Waals surface area contributed by atoms with Crippen LogP contribution in [0.15, 0.2) is 63.7 Å². The Labute approximate surface area is 155 Å². The number of carbonyl (C=O) groups is 1. The minimum Gasteiger partial charge on any atom is -0.493 e. The molecule has 3 rings (SSSR count). The molecule has 128 valence electrons. The van der Waals surface area contributed by atoms with E-state index >= 15 is 0 Å². The number of cyclic esters (lactones) is 1. The summed E-state index contributed by atoms with van der Waals surface area (Å²) >= 11 is 3.38. The van der Waals surface area contributed by atoms with Crippen molar-refractivity contribution in [3.63, 3.8) is 0 Å². The molecule has 1 aliphatic heterocycles. The molecule has 1 heterocycles. The highest BCUT2D eigenvalue weighted by Gasteiger charge is 2.24. The summed E-state index contributed by atoms with van der Waals surface area (Å²) < 4.78 is 12.0. The number of carbonyl (C=O) groups excluding carboxylic acids is 1. The molecule has 0 radical (unpaired) electrons. The van der Waals surface area contributed by atoms with Gasteiger partial charge in [-0.25, -0.2) is 9.79 Å². The van der Waals surface area contributed by atoms with Crippen molar-refractivity contribution in [3.8, 4) is 5.75 Å². The lowest BCUT2D eigenvalue weighted by atomic mass is 10.1. The highest BCUT2D eigenvalue weighted by atomic mass is 79.9. The van der Waals surface area contributed by atoms with Crippen LogP contribution in [0.25, 0.3) is 6.08 Å². The zero-order valence-corrected chi connectivity index (χ0v) is 15.5. The first-order valence-electron chi connectivity index (χ1n) is 8.17. The van der Waals surface area contributed by atoms with Crippen LogP contribution in [-0.2, 0) is 9.53 Å². The number of para-hydroxylation sites is 1. The minimum atomic E-state index is -0.457. The van der Waals surface area contributed by atoms with Gasteiger partial charge in [-0.1, -0.05) is 47.5 Å². The molecule has 0 fully saturated rings. The molecule has 0 unspecified atom stereocenters. The van der Waals surface area contributed by atoms with E-state index in [0.717, 1.165) is 34.2 Å². The number of benzene rings is 2. The lowest BCUT2D eigenvalue weighted by Gasteiger charge is -2.08. The van der Waals surface area contributed by atoms with Crippen LogP contribution in [0.3, 0.4) is 0 Å². The second-order valence-corrected chi connectivity index (χ2v) is 6.50.